The molecule has 1 aliphatic carbocycles. The molecule has 6 rings (SSSR count). The zero-order valence-electron chi connectivity index (χ0n) is 20.2. The molecular formula is C27H30N6O2. The lowest BCUT2D eigenvalue weighted by molar-refractivity contribution is 0.0972. The Kier molecular flexibility index (Phi) is 4.96. The molecular weight excluding hydrogens is 440 g/mol. The molecule has 3 N–H and O–H groups in total. The highest BCUT2D eigenvalue weighted by Gasteiger charge is 2.44. The standard InChI is InChI=1S/C27H30N6O2/c1-31(2)16-27(11-12-27)18-4-7-19(8-5-18)32-14-10-21-23(25(28)34)30-33(24(21)26(32)35)20-6-3-17-9-13-29-22(17)15-20/h3-8,15,29H,9-14,16H2,1-2H3,(H2,28,34). The minimum atomic E-state index is -0.611. The highest BCUT2D eigenvalue weighted by atomic mass is 16.2. The number of nitrogens with zero attached hydrogens (tertiary/aromatic N) is 4. The van der Waals surface area contributed by atoms with Crippen LogP contribution >= 0.6 is 0 Å². The van der Waals surface area contributed by atoms with Crippen LogP contribution < -0.4 is 16.0 Å². The zero-order chi connectivity index (χ0) is 24.3. The number of rotatable bonds is 6. The van der Waals surface area contributed by atoms with Crippen LogP contribution in [0.25, 0.3) is 5.69 Å². The molecule has 1 saturated carbocycles. The van der Waals surface area contributed by atoms with E-state index in [1.807, 2.05) is 30.3 Å². The van der Waals surface area contributed by atoms with Crippen LogP contribution in [0.5, 0.6) is 0 Å². The van der Waals surface area contributed by atoms with Gasteiger partial charge in [-0.15, -0.1) is 0 Å². The minimum Gasteiger partial charge on any atom is -0.384 e. The number of anilines is 2. The number of nitrogens with one attached hydrogen (secondary N) is 1. The van der Waals surface area contributed by atoms with Crippen LogP contribution in [-0.2, 0) is 18.3 Å². The van der Waals surface area contributed by atoms with Crippen molar-refractivity contribution in [2.45, 2.75) is 31.1 Å². The number of carbonyl (C=O) groups is 2. The lowest BCUT2D eigenvalue weighted by Crippen LogP contribution is -2.39. The number of hydrogen-bond acceptors (Lipinski definition) is 5. The Hall–Kier alpha value is -3.65. The van der Waals surface area contributed by atoms with Gasteiger partial charge in [0, 0.05) is 42.0 Å². The molecule has 3 aliphatic rings. The molecule has 0 spiro atoms. The number of benzene rings is 2. The van der Waals surface area contributed by atoms with E-state index in [0.717, 1.165) is 36.6 Å². The number of primary amides is 1. The maximum absolute atomic E-state index is 13.8. The molecule has 0 radical (unpaired) electrons. The Morgan fingerprint density at radius 3 is 2.54 bits per heavy atom. The molecule has 180 valence electrons. The fraction of sp³-hybridized carbons (Fsp3) is 0.370. The van der Waals surface area contributed by atoms with Crippen molar-refractivity contribution >= 4 is 23.2 Å². The van der Waals surface area contributed by atoms with Gasteiger partial charge in [-0.05, 0) is 75.2 Å². The molecule has 2 aromatic carbocycles. The molecule has 2 aliphatic heterocycles. The van der Waals surface area contributed by atoms with E-state index in [9.17, 15) is 9.59 Å². The number of fused-ring (bicyclic) bond motifs is 2. The predicted molar refractivity (Wildman–Crippen MR) is 136 cm³/mol. The molecule has 35 heavy (non-hydrogen) atoms. The van der Waals surface area contributed by atoms with E-state index in [1.165, 1.54) is 24.0 Å². The molecule has 0 bridgehead atoms. The minimum absolute atomic E-state index is 0.165. The maximum Gasteiger partial charge on any atom is 0.277 e. The molecule has 0 saturated heterocycles. The molecule has 3 aromatic rings. The molecule has 8 nitrogen and oxygen atoms in total. The summed E-state index contributed by atoms with van der Waals surface area (Å²) >= 11 is 0. The highest BCUT2D eigenvalue weighted by molar-refractivity contribution is 6.09. The summed E-state index contributed by atoms with van der Waals surface area (Å²) in [6.07, 6.45) is 3.88. The Morgan fingerprint density at radius 2 is 1.86 bits per heavy atom. The van der Waals surface area contributed by atoms with Crippen molar-refractivity contribution in [2.75, 3.05) is 43.9 Å². The van der Waals surface area contributed by atoms with E-state index in [0.29, 0.717) is 24.2 Å². The van der Waals surface area contributed by atoms with Crippen LogP contribution in [0.2, 0.25) is 0 Å². The third-order valence-corrected chi connectivity index (χ3v) is 7.56. The van der Waals surface area contributed by atoms with Crippen molar-refractivity contribution in [1.29, 1.82) is 0 Å². The number of likely N-dealkylation sites (N-methyl/N-ethyl adjacent to an activating group) is 1. The summed E-state index contributed by atoms with van der Waals surface area (Å²) in [5.41, 5.74) is 12.3. The van der Waals surface area contributed by atoms with Gasteiger partial charge in [0.05, 0.1) is 5.69 Å². The van der Waals surface area contributed by atoms with Gasteiger partial charge >= 0.3 is 0 Å². The summed E-state index contributed by atoms with van der Waals surface area (Å²) in [4.78, 5) is 30.0. The van der Waals surface area contributed by atoms with Gasteiger partial charge in [0.15, 0.2) is 5.69 Å². The predicted octanol–water partition coefficient (Wildman–Crippen LogP) is 2.74. The molecule has 2 amide bonds. The summed E-state index contributed by atoms with van der Waals surface area (Å²) in [6, 6.07) is 14.4. The van der Waals surface area contributed by atoms with Gasteiger partial charge in [0.2, 0.25) is 0 Å². The van der Waals surface area contributed by atoms with Crippen molar-refractivity contribution < 1.29 is 9.59 Å². The van der Waals surface area contributed by atoms with Crippen LogP contribution in [0.4, 0.5) is 11.4 Å². The summed E-state index contributed by atoms with van der Waals surface area (Å²) in [6.45, 7) is 2.40. The van der Waals surface area contributed by atoms with Crippen molar-refractivity contribution in [1.82, 2.24) is 14.7 Å². The second kappa shape index (κ2) is 7.95. The number of aromatic nitrogens is 2. The smallest absolute Gasteiger partial charge is 0.277 e. The van der Waals surface area contributed by atoms with Crippen molar-refractivity contribution in [2.24, 2.45) is 5.73 Å². The van der Waals surface area contributed by atoms with E-state index in [2.05, 4.69) is 41.5 Å². The second-order valence-corrected chi connectivity index (χ2v) is 10.2. The number of nitrogens with two attached hydrogens (primary N) is 1. The summed E-state index contributed by atoms with van der Waals surface area (Å²) in [5, 5.41) is 7.88. The SMILES string of the molecule is CN(C)CC1(c2ccc(N3CCc4c(C(N)=O)nn(-c5ccc6c(c5)NCC6)c4C3=O)cc2)CC1. The van der Waals surface area contributed by atoms with Gasteiger partial charge in [-0.3, -0.25) is 9.59 Å². The van der Waals surface area contributed by atoms with Gasteiger partial charge in [0.25, 0.3) is 11.8 Å². The average molecular weight is 471 g/mol. The van der Waals surface area contributed by atoms with Gasteiger partial charge in [-0.1, -0.05) is 18.2 Å². The first-order valence-electron chi connectivity index (χ1n) is 12.2. The zero-order valence-corrected chi connectivity index (χ0v) is 20.2. The van der Waals surface area contributed by atoms with Crippen molar-refractivity contribution in [3.05, 3.63) is 70.5 Å². The number of hydrogen-bond donors (Lipinski definition) is 2. The lowest BCUT2D eigenvalue weighted by atomic mass is 9.95. The largest absolute Gasteiger partial charge is 0.384 e. The molecule has 0 unspecified atom stereocenters. The number of amides is 2. The van der Waals surface area contributed by atoms with E-state index < -0.39 is 5.91 Å². The molecule has 3 heterocycles. The second-order valence-electron chi connectivity index (χ2n) is 10.2. The Balaban J connectivity index is 1.36. The van der Waals surface area contributed by atoms with Crippen molar-refractivity contribution in [3.63, 3.8) is 0 Å². The summed E-state index contributed by atoms with van der Waals surface area (Å²) < 4.78 is 1.59. The first-order valence-corrected chi connectivity index (χ1v) is 12.2. The fourth-order valence-electron chi connectivity index (χ4n) is 5.69. The summed E-state index contributed by atoms with van der Waals surface area (Å²) in [7, 11) is 4.22. The molecule has 8 heteroatoms. The van der Waals surface area contributed by atoms with Crippen LogP contribution in [-0.4, -0.2) is 60.2 Å². The monoisotopic (exact) mass is 470 g/mol. The van der Waals surface area contributed by atoms with Crippen LogP contribution in [0.15, 0.2) is 42.5 Å². The Morgan fingerprint density at radius 1 is 1.11 bits per heavy atom. The number of carbonyl (C=O) groups excluding carboxylic acids is 2. The highest BCUT2D eigenvalue weighted by Crippen LogP contribution is 2.48. The van der Waals surface area contributed by atoms with Crippen molar-refractivity contribution in [3.8, 4) is 5.69 Å². The Labute approximate surface area is 204 Å². The van der Waals surface area contributed by atoms with Crippen LogP contribution in [0.3, 0.4) is 0 Å². The third-order valence-electron chi connectivity index (χ3n) is 7.56. The van der Waals surface area contributed by atoms with E-state index >= 15 is 0 Å². The normalized spacial score (nSPS) is 17.8. The first kappa shape index (κ1) is 21.9. The van der Waals surface area contributed by atoms with Gasteiger partial charge in [-0.25, -0.2) is 4.68 Å². The quantitative estimate of drug-likeness (QED) is 0.578. The molecule has 0 atom stereocenters. The fourth-order valence-corrected chi connectivity index (χ4v) is 5.69. The van der Waals surface area contributed by atoms with Gasteiger partial charge in [-0.2, -0.15) is 5.10 Å². The average Bonchev–Trinajstić information content (AvgIpc) is 3.28. The maximum atomic E-state index is 13.8. The Bertz CT molecular complexity index is 1340. The lowest BCUT2D eigenvalue weighted by Gasteiger charge is -2.28. The van der Waals surface area contributed by atoms with E-state index in [-0.39, 0.29) is 17.0 Å². The summed E-state index contributed by atoms with van der Waals surface area (Å²) in [5.74, 6) is -0.776. The molecule has 1 fully saturated rings. The molecule has 1 aromatic heterocycles. The van der Waals surface area contributed by atoms with E-state index in [4.69, 9.17) is 5.73 Å². The topological polar surface area (TPSA) is 96.5 Å². The third kappa shape index (κ3) is 3.60. The van der Waals surface area contributed by atoms with Crippen LogP contribution in [0.1, 0.15) is 50.5 Å². The first-order chi connectivity index (χ1) is 16.9. The van der Waals surface area contributed by atoms with Crippen LogP contribution in [0, 0.1) is 0 Å². The van der Waals surface area contributed by atoms with Gasteiger partial charge in [0.1, 0.15) is 5.69 Å². The van der Waals surface area contributed by atoms with Gasteiger partial charge < -0.3 is 20.9 Å². The van der Waals surface area contributed by atoms with E-state index in [1.54, 1.807) is 9.58 Å².